The number of fused-ring (bicyclic) bond motifs is 1. The van der Waals surface area contributed by atoms with Gasteiger partial charge in [-0.1, -0.05) is 6.58 Å². The van der Waals surface area contributed by atoms with Crippen LogP contribution in [0.25, 0.3) is 33.4 Å². The Labute approximate surface area is 190 Å². The van der Waals surface area contributed by atoms with Gasteiger partial charge >= 0.3 is 0 Å². The predicted octanol–water partition coefficient (Wildman–Crippen LogP) is 3.17. The van der Waals surface area contributed by atoms with Crippen LogP contribution in [0.2, 0.25) is 0 Å². The fourth-order valence-corrected chi connectivity index (χ4v) is 4.07. The summed E-state index contributed by atoms with van der Waals surface area (Å²) in [7, 11) is 0. The lowest BCUT2D eigenvalue weighted by molar-refractivity contribution is -0.111. The molecule has 3 N–H and O–H groups in total. The minimum atomic E-state index is -0.399. The molecule has 5 rings (SSSR count). The normalized spacial score (nSPS) is 16.0. The van der Waals surface area contributed by atoms with E-state index in [1.807, 2.05) is 35.4 Å². The zero-order chi connectivity index (χ0) is 22.8. The van der Waals surface area contributed by atoms with Gasteiger partial charge < -0.3 is 20.3 Å². The van der Waals surface area contributed by atoms with Gasteiger partial charge in [0, 0.05) is 48.2 Å². The highest BCUT2D eigenvalue weighted by molar-refractivity contribution is 5.99. The number of rotatable bonds is 5. The Hall–Kier alpha value is -4.11. The highest BCUT2D eigenvalue weighted by atomic mass is 16.3. The van der Waals surface area contributed by atoms with E-state index < -0.39 is 6.10 Å². The van der Waals surface area contributed by atoms with E-state index in [-0.39, 0.29) is 5.91 Å². The molecule has 0 saturated carbocycles. The third-order valence-corrected chi connectivity index (χ3v) is 5.69. The number of aliphatic hydroxyl groups excluding tert-OH is 1. The summed E-state index contributed by atoms with van der Waals surface area (Å²) in [5, 5.41) is 13.8. The second-order valence-electron chi connectivity index (χ2n) is 7.95. The van der Waals surface area contributed by atoms with E-state index in [0.717, 1.165) is 52.8 Å². The summed E-state index contributed by atoms with van der Waals surface area (Å²) in [5.74, 6) is 0.767. The smallest absolute Gasteiger partial charge is 0.248 e. The monoisotopic (exact) mass is 441 g/mol. The zero-order valence-electron chi connectivity index (χ0n) is 17.9. The topological polar surface area (TPSA) is 120 Å². The summed E-state index contributed by atoms with van der Waals surface area (Å²) < 4.78 is 0. The number of carbonyl (C=O) groups is 1. The highest BCUT2D eigenvalue weighted by Gasteiger charge is 2.20. The van der Waals surface area contributed by atoms with Gasteiger partial charge in [0.1, 0.15) is 23.6 Å². The molecule has 1 atom stereocenters. The standard InChI is InChI=1S/C24H23N7O2/c1-2-23(33)30-21-9-15(10-22(29-21)31-7-3-4-17(32)13-31)16-8-18-19(12-27-24(18)26-11-16)20-5-6-25-14-28-20/h2,5-6,8-12,14,17,32H,1,3-4,7,13H2,(H,26,27)(H,29,30,33)/t17-/m1/s1. The number of aliphatic hydroxyl groups is 1. The maximum atomic E-state index is 12.0. The first-order chi connectivity index (χ1) is 16.1. The number of pyridine rings is 2. The Kier molecular flexibility index (Phi) is 5.54. The van der Waals surface area contributed by atoms with Crippen molar-refractivity contribution in [1.82, 2.24) is 24.9 Å². The first-order valence-corrected chi connectivity index (χ1v) is 10.7. The molecule has 0 spiro atoms. The van der Waals surface area contributed by atoms with Crippen LogP contribution < -0.4 is 10.2 Å². The number of nitrogens with zero attached hydrogens (tertiary/aromatic N) is 5. The Morgan fingerprint density at radius 1 is 1.27 bits per heavy atom. The maximum absolute atomic E-state index is 12.0. The molecule has 0 aromatic carbocycles. The summed E-state index contributed by atoms with van der Waals surface area (Å²) in [4.78, 5) is 34.7. The molecule has 9 nitrogen and oxygen atoms in total. The molecule has 9 heteroatoms. The van der Waals surface area contributed by atoms with Crippen molar-refractivity contribution in [2.75, 3.05) is 23.3 Å². The number of anilines is 2. The molecule has 1 fully saturated rings. The number of β-amino-alcohol motifs (C(OH)–C–C–N with tert-alkyl or cyclic N) is 1. The van der Waals surface area contributed by atoms with Crippen molar-refractivity contribution in [3.63, 3.8) is 0 Å². The van der Waals surface area contributed by atoms with Crippen LogP contribution in [-0.4, -0.2) is 55.1 Å². The number of hydrogen-bond donors (Lipinski definition) is 3. The van der Waals surface area contributed by atoms with Crippen molar-refractivity contribution >= 4 is 28.6 Å². The van der Waals surface area contributed by atoms with Gasteiger partial charge in [-0.15, -0.1) is 0 Å². The number of H-pyrrole nitrogens is 1. The average molecular weight is 441 g/mol. The third-order valence-electron chi connectivity index (χ3n) is 5.69. The van der Waals surface area contributed by atoms with E-state index in [4.69, 9.17) is 0 Å². The number of amides is 1. The van der Waals surface area contributed by atoms with Crippen LogP contribution in [0.15, 0.2) is 61.8 Å². The molecular formula is C24H23N7O2. The Bertz CT molecular complexity index is 1320. The second kappa shape index (κ2) is 8.79. The van der Waals surface area contributed by atoms with Gasteiger partial charge in [-0.25, -0.2) is 19.9 Å². The molecule has 0 unspecified atom stereocenters. The molecule has 1 saturated heterocycles. The molecule has 0 aliphatic carbocycles. The third kappa shape index (κ3) is 4.31. The Morgan fingerprint density at radius 3 is 2.97 bits per heavy atom. The van der Waals surface area contributed by atoms with E-state index in [2.05, 4.69) is 36.8 Å². The van der Waals surface area contributed by atoms with Gasteiger partial charge in [-0.3, -0.25) is 4.79 Å². The predicted molar refractivity (Wildman–Crippen MR) is 127 cm³/mol. The molecule has 5 heterocycles. The minimum absolute atomic E-state index is 0.338. The van der Waals surface area contributed by atoms with Crippen LogP contribution in [0, 0.1) is 0 Å². The first-order valence-electron chi connectivity index (χ1n) is 10.7. The maximum Gasteiger partial charge on any atom is 0.248 e. The fourth-order valence-electron chi connectivity index (χ4n) is 4.07. The lowest BCUT2D eigenvalue weighted by atomic mass is 10.0. The van der Waals surface area contributed by atoms with Gasteiger partial charge in [0.25, 0.3) is 0 Å². The summed E-state index contributed by atoms with van der Waals surface area (Å²) in [6.45, 7) is 4.80. The Balaban J connectivity index is 1.59. The summed E-state index contributed by atoms with van der Waals surface area (Å²) >= 11 is 0. The van der Waals surface area contributed by atoms with Crippen molar-refractivity contribution in [3.8, 4) is 22.4 Å². The number of hydrogen-bond acceptors (Lipinski definition) is 7. The zero-order valence-corrected chi connectivity index (χ0v) is 17.9. The van der Waals surface area contributed by atoms with Crippen molar-refractivity contribution < 1.29 is 9.90 Å². The van der Waals surface area contributed by atoms with Crippen LogP contribution in [-0.2, 0) is 4.79 Å². The first kappa shape index (κ1) is 20.8. The van der Waals surface area contributed by atoms with E-state index in [1.165, 1.54) is 12.4 Å². The summed E-state index contributed by atoms with van der Waals surface area (Å²) in [5.41, 5.74) is 4.19. The van der Waals surface area contributed by atoms with Gasteiger partial charge in [-0.2, -0.15) is 0 Å². The van der Waals surface area contributed by atoms with Crippen LogP contribution >= 0.6 is 0 Å². The van der Waals surface area contributed by atoms with E-state index >= 15 is 0 Å². The van der Waals surface area contributed by atoms with Crippen LogP contribution in [0.4, 0.5) is 11.6 Å². The van der Waals surface area contributed by atoms with Gasteiger partial charge in [0.05, 0.1) is 11.8 Å². The van der Waals surface area contributed by atoms with E-state index in [0.29, 0.717) is 18.2 Å². The summed E-state index contributed by atoms with van der Waals surface area (Å²) in [6, 6.07) is 7.66. The molecule has 0 radical (unpaired) electrons. The molecule has 4 aromatic rings. The van der Waals surface area contributed by atoms with Gasteiger partial charge in [0.2, 0.25) is 5.91 Å². The van der Waals surface area contributed by atoms with Gasteiger partial charge in [0.15, 0.2) is 0 Å². The number of aromatic amines is 1. The molecular weight excluding hydrogens is 418 g/mol. The van der Waals surface area contributed by atoms with Crippen LogP contribution in [0.1, 0.15) is 12.8 Å². The number of carbonyl (C=O) groups excluding carboxylic acids is 1. The van der Waals surface area contributed by atoms with Crippen LogP contribution in [0.3, 0.4) is 0 Å². The number of piperidine rings is 1. The minimum Gasteiger partial charge on any atom is -0.391 e. The molecule has 166 valence electrons. The van der Waals surface area contributed by atoms with E-state index in [1.54, 1.807) is 12.4 Å². The van der Waals surface area contributed by atoms with Crippen molar-refractivity contribution in [2.24, 2.45) is 0 Å². The quantitative estimate of drug-likeness (QED) is 0.407. The van der Waals surface area contributed by atoms with Crippen molar-refractivity contribution in [3.05, 3.63) is 61.8 Å². The average Bonchev–Trinajstić information content (AvgIpc) is 3.27. The molecule has 4 aromatic heterocycles. The van der Waals surface area contributed by atoms with E-state index in [9.17, 15) is 9.90 Å². The molecule has 1 aliphatic rings. The molecule has 1 amide bonds. The van der Waals surface area contributed by atoms with Crippen molar-refractivity contribution in [2.45, 2.75) is 18.9 Å². The summed E-state index contributed by atoms with van der Waals surface area (Å²) in [6.07, 6.45) is 9.34. The fraction of sp³-hybridized carbons (Fsp3) is 0.208. The van der Waals surface area contributed by atoms with Crippen molar-refractivity contribution in [1.29, 1.82) is 0 Å². The lowest BCUT2D eigenvalue weighted by Gasteiger charge is -2.31. The lowest BCUT2D eigenvalue weighted by Crippen LogP contribution is -2.38. The SMILES string of the molecule is C=CC(=O)Nc1cc(-c2cnc3[nH]cc(-c4ccncn4)c3c2)cc(N2CCC[C@@H](O)C2)n1. The van der Waals surface area contributed by atoms with Gasteiger partial charge in [-0.05, 0) is 48.7 Å². The number of nitrogens with one attached hydrogen (secondary N) is 2. The molecule has 1 aliphatic heterocycles. The molecule has 33 heavy (non-hydrogen) atoms. The largest absolute Gasteiger partial charge is 0.391 e. The second-order valence-corrected chi connectivity index (χ2v) is 7.95. The highest BCUT2D eigenvalue weighted by Crippen LogP contribution is 2.32. The Morgan fingerprint density at radius 2 is 2.18 bits per heavy atom. The number of aromatic nitrogens is 5. The van der Waals surface area contributed by atoms with Crippen LogP contribution in [0.5, 0.6) is 0 Å². The molecule has 0 bridgehead atoms.